The van der Waals surface area contributed by atoms with Crippen molar-refractivity contribution in [2.24, 2.45) is 0 Å². The highest BCUT2D eigenvalue weighted by molar-refractivity contribution is 5.77. The van der Waals surface area contributed by atoms with Crippen molar-refractivity contribution >= 4 is 5.91 Å². The molecule has 1 fully saturated rings. The predicted octanol–water partition coefficient (Wildman–Crippen LogP) is 2.37. The molecule has 1 N–H and O–H groups in total. The number of ether oxygens (including phenoxy) is 2. The van der Waals surface area contributed by atoms with Gasteiger partial charge < -0.3 is 14.8 Å². The van der Waals surface area contributed by atoms with Crippen LogP contribution < -0.4 is 14.8 Å². The summed E-state index contributed by atoms with van der Waals surface area (Å²) in [4.78, 5) is 20.0. The molecule has 7 nitrogen and oxygen atoms in total. The number of hydrogen-bond acceptors (Lipinski definition) is 6. The molecule has 2 aromatic rings. The molecule has 0 atom stereocenters. The van der Waals surface area contributed by atoms with Crippen molar-refractivity contribution in [1.82, 2.24) is 15.3 Å². The van der Waals surface area contributed by atoms with Crippen molar-refractivity contribution in [2.75, 3.05) is 6.61 Å². The third-order valence-electron chi connectivity index (χ3n) is 4.27. The Morgan fingerprint density at radius 2 is 1.89 bits per heavy atom. The van der Waals surface area contributed by atoms with Crippen LogP contribution in [0.5, 0.6) is 11.6 Å². The molecule has 0 aliphatic heterocycles. The van der Waals surface area contributed by atoms with Crippen LogP contribution in [0.15, 0.2) is 36.7 Å². The SMILES string of the molecule is N#Cc1nccnc1OC1CCC(NC(=O)COc2ccc(F)cc2)CC1. The molecule has 0 saturated heterocycles. The molecular weight excluding hydrogens is 351 g/mol. The lowest BCUT2D eigenvalue weighted by molar-refractivity contribution is -0.124. The van der Waals surface area contributed by atoms with Crippen LogP contribution in [0.25, 0.3) is 0 Å². The van der Waals surface area contributed by atoms with Gasteiger partial charge in [0.2, 0.25) is 5.69 Å². The topological polar surface area (TPSA) is 97.1 Å². The first-order chi connectivity index (χ1) is 13.1. The number of rotatable bonds is 6. The van der Waals surface area contributed by atoms with Gasteiger partial charge in [-0.1, -0.05) is 0 Å². The van der Waals surface area contributed by atoms with E-state index in [0.29, 0.717) is 5.75 Å². The molecule has 1 aliphatic rings. The molecule has 1 amide bonds. The maximum absolute atomic E-state index is 12.8. The summed E-state index contributed by atoms with van der Waals surface area (Å²) in [6, 6.07) is 7.53. The monoisotopic (exact) mass is 370 g/mol. The van der Waals surface area contributed by atoms with Crippen LogP contribution in [0.1, 0.15) is 31.4 Å². The number of nitrogens with one attached hydrogen (secondary N) is 1. The summed E-state index contributed by atoms with van der Waals surface area (Å²) in [6.45, 7) is -0.118. The highest BCUT2D eigenvalue weighted by Crippen LogP contribution is 2.24. The molecule has 1 heterocycles. The zero-order valence-electron chi connectivity index (χ0n) is 14.6. The van der Waals surface area contributed by atoms with Crippen LogP contribution in [-0.4, -0.2) is 34.6 Å². The fourth-order valence-electron chi connectivity index (χ4n) is 2.92. The van der Waals surface area contributed by atoms with Crippen LogP contribution in [-0.2, 0) is 4.79 Å². The standard InChI is InChI=1S/C19H19FN4O3/c20-13-1-5-15(6-2-13)26-12-18(25)24-14-3-7-16(8-4-14)27-19-17(11-21)22-9-10-23-19/h1-2,5-6,9-10,14,16H,3-4,7-8,12H2,(H,24,25). The predicted molar refractivity (Wildman–Crippen MR) is 93.5 cm³/mol. The minimum Gasteiger partial charge on any atom is -0.484 e. The van der Waals surface area contributed by atoms with Crippen molar-refractivity contribution < 1.29 is 18.7 Å². The summed E-state index contributed by atoms with van der Waals surface area (Å²) in [7, 11) is 0. The summed E-state index contributed by atoms with van der Waals surface area (Å²) < 4.78 is 24.0. The van der Waals surface area contributed by atoms with E-state index in [1.807, 2.05) is 6.07 Å². The molecule has 1 saturated carbocycles. The Bertz CT molecular complexity index is 814. The highest BCUT2D eigenvalue weighted by atomic mass is 19.1. The third kappa shape index (κ3) is 5.38. The van der Waals surface area contributed by atoms with E-state index in [1.54, 1.807) is 0 Å². The second-order valence-electron chi connectivity index (χ2n) is 6.22. The molecule has 3 rings (SSSR count). The summed E-state index contributed by atoms with van der Waals surface area (Å²) in [5.41, 5.74) is 0.172. The number of carbonyl (C=O) groups is 1. The molecule has 0 radical (unpaired) electrons. The summed E-state index contributed by atoms with van der Waals surface area (Å²) in [5.74, 6) is 0.125. The molecule has 0 spiro atoms. The van der Waals surface area contributed by atoms with Crippen molar-refractivity contribution in [3.05, 3.63) is 48.2 Å². The average molecular weight is 370 g/mol. The Labute approximate surface area is 156 Å². The first-order valence-electron chi connectivity index (χ1n) is 8.69. The second-order valence-corrected chi connectivity index (χ2v) is 6.22. The lowest BCUT2D eigenvalue weighted by Crippen LogP contribution is -2.41. The van der Waals surface area contributed by atoms with E-state index in [2.05, 4.69) is 15.3 Å². The van der Waals surface area contributed by atoms with Crippen molar-refractivity contribution in [1.29, 1.82) is 5.26 Å². The molecule has 1 aliphatic carbocycles. The van der Waals surface area contributed by atoms with Gasteiger partial charge in [-0.05, 0) is 49.9 Å². The summed E-state index contributed by atoms with van der Waals surface area (Å²) in [6.07, 6.45) is 5.88. The normalized spacial score (nSPS) is 19.0. The van der Waals surface area contributed by atoms with Crippen LogP contribution in [0, 0.1) is 17.1 Å². The van der Waals surface area contributed by atoms with E-state index < -0.39 is 0 Å². The van der Waals surface area contributed by atoms with Crippen molar-refractivity contribution in [3.8, 4) is 17.7 Å². The summed E-state index contributed by atoms with van der Waals surface area (Å²) >= 11 is 0. The van der Waals surface area contributed by atoms with Gasteiger partial charge in [-0.2, -0.15) is 5.26 Å². The van der Waals surface area contributed by atoms with Crippen LogP contribution in [0.3, 0.4) is 0 Å². The minimum atomic E-state index is -0.353. The van der Waals surface area contributed by atoms with Crippen molar-refractivity contribution in [3.63, 3.8) is 0 Å². The van der Waals surface area contributed by atoms with Gasteiger partial charge in [0.05, 0.1) is 0 Å². The van der Waals surface area contributed by atoms with Gasteiger partial charge in [-0.3, -0.25) is 4.79 Å². The van der Waals surface area contributed by atoms with Gasteiger partial charge in [-0.15, -0.1) is 0 Å². The molecule has 27 heavy (non-hydrogen) atoms. The smallest absolute Gasteiger partial charge is 0.258 e. The Balaban J connectivity index is 1.40. The van der Waals surface area contributed by atoms with E-state index in [-0.39, 0.29) is 42.1 Å². The van der Waals surface area contributed by atoms with Gasteiger partial charge >= 0.3 is 0 Å². The number of benzene rings is 1. The van der Waals surface area contributed by atoms with E-state index >= 15 is 0 Å². The van der Waals surface area contributed by atoms with Gasteiger partial charge in [0.1, 0.15) is 23.7 Å². The van der Waals surface area contributed by atoms with Crippen LogP contribution in [0.4, 0.5) is 4.39 Å². The Kier molecular flexibility index (Phi) is 6.15. The van der Waals surface area contributed by atoms with Gasteiger partial charge in [-0.25, -0.2) is 14.4 Å². The number of aromatic nitrogens is 2. The largest absolute Gasteiger partial charge is 0.484 e. The zero-order chi connectivity index (χ0) is 19.1. The van der Waals surface area contributed by atoms with Crippen LogP contribution in [0.2, 0.25) is 0 Å². The zero-order valence-corrected chi connectivity index (χ0v) is 14.6. The maximum Gasteiger partial charge on any atom is 0.258 e. The molecule has 1 aromatic carbocycles. The lowest BCUT2D eigenvalue weighted by atomic mass is 9.93. The fraction of sp³-hybridized carbons (Fsp3) is 0.368. The van der Waals surface area contributed by atoms with E-state index in [1.165, 1.54) is 36.7 Å². The Hall–Kier alpha value is -3.21. The number of amides is 1. The first-order valence-corrected chi connectivity index (χ1v) is 8.69. The molecule has 1 aromatic heterocycles. The molecule has 0 bridgehead atoms. The highest BCUT2D eigenvalue weighted by Gasteiger charge is 2.25. The Morgan fingerprint density at radius 1 is 1.19 bits per heavy atom. The second kappa shape index (κ2) is 8.94. The van der Waals surface area contributed by atoms with E-state index in [9.17, 15) is 9.18 Å². The number of carbonyl (C=O) groups excluding carboxylic acids is 1. The third-order valence-corrected chi connectivity index (χ3v) is 4.27. The van der Waals surface area contributed by atoms with Gasteiger partial charge in [0.15, 0.2) is 6.61 Å². The fourth-order valence-corrected chi connectivity index (χ4v) is 2.92. The number of hydrogen-bond donors (Lipinski definition) is 1. The van der Waals surface area contributed by atoms with Crippen molar-refractivity contribution in [2.45, 2.75) is 37.8 Å². The Morgan fingerprint density at radius 3 is 2.59 bits per heavy atom. The molecule has 140 valence electrons. The molecule has 8 heteroatoms. The van der Waals surface area contributed by atoms with Gasteiger partial charge in [0, 0.05) is 18.4 Å². The minimum absolute atomic E-state index is 0.0477. The average Bonchev–Trinajstić information content (AvgIpc) is 2.69. The molecule has 0 unspecified atom stereocenters. The van der Waals surface area contributed by atoms with Gasteiger partial charge in [0.25, 0.3) is 11.8 Å². The number of nitriles is 1. The maximum atomic E-state index is 12.8. The van der Waals surface area contributed by atoms with E-state index in [0.717, 1.165) is 25.7 Å². The lowest BCUT2D eigenvalue weighted by Gasteiger charge is -2.29. The number of halogens is 1. The van der Waals surface area contributed by atoms with E-state index in [4.69, 9.17) is 14.7 Å². The van der Waals surface area contributed by atoms with Crippen LogP contribution >= 0.6 is 0 Å². The molecular formula is C19H19FN4O3. The first kappa shape index (κ1) is 18.6. The number of nitrogens with zero attached hydrogens (tertiary/aromatic N) is 3. The summed E-state index contributed by atoms with van der Waals surface area (Å²) in [5, 5.41) is 12.0. The quantitative estimate of drug-likeness (QED) is 0.838.